The second kappa shape index (κ2) is 6.16. The van der Waals surface area contributed by atoms with Crippen LogP contribution >= 0.6 is 0 Å². The summed E-state index contributed by atoms with van der Waals surface area (Å²) in [7, 11) is 5.51. The van der Waals surface area contributed by atoms with Gasteiger partial charge in [-0.1, -0.05) is 12.1 Å². The number of aromatic carboxylic acids is 1. The van der Waals surface area contributed by atoms with E-state index in [0.717, 1.165) is 6.54 Å². The summed E-state index contributed by atoms with van der Waals surface area (Å²) in [5.74, 6) is -1.35. The highest BCUT2D eigenvalue weighted by molar-refractivity contribution is 6.04. The Hall–Kier alpha value is -1.88. The van der Waals surface area contributed by atoms with Crippen LogP contribution < -0.4 is 0 Å². The van der Waals surface area contributed by atoms with Gasteiger partial charge in [-0.15, -0.1) is 0 Å². The second-order valence-corrected chi connectivity index (χ2v) is 4.38. The van der Waals surface area contributed by atoms with E-state index in [0.29, 0.717) is 6.54 Å². The van der Waals surface area contributed by atoms with Gasteiger partial charge < -0.3 is 14.9 Å². The molecule has 1 aromatic carbocycles. The standard InChI is InChI=1S/C13H18N2O3/c1-14(2)8-9-15(3)12(16)10-6-4-5-7-11(10)13(17)18/h4-7H,8-9H2,1-3H3,(H,17,18). The number of hydrogen-bond acceptors (Lipinski definition) is 3. The fourth-order valence-corrected chi connectivity index (χ4v) is 1.51. The van der Waals surface area contributed by atoms with Crippen LogP contribution in [0, 0.1) is 0 Å². The molecule has 98 valence electrons. The van der Waals surface area contributed by atoms with Crippen molar-refractivity contribution in [2.24, 2.45) is 0 Å². The molecule has 0 radical (unpaired) electrons. The topological polar surface area (TPSA) is 60.9 Å². The third kappa shape index (κ3) is 3.56. The molecule has 0 fully saturated rings. The van der Waals surface area contributed by atoms with Crippen molar-refractivity contribution < 1.29 is 14.7 Å². The lowest BCUT2D eigenvalue weighted by molar-refractivity contribution is 0.0680. The van der Waals surface area contributed by atoms with Gasteiger partial charge in [0, 0.05) is 20.1 Å². The molecule has 5 heteroatoms. The highest BCUT2D eigenvalue weighted by Gasteiger charge is 2.18. The van der Waals surface area contributed by atoms with Crippen molar-refractivity contribution in [2.75, 3.05) is 34.2 Å². The van der Waals surface area contributed by atoms with Crippen LogP contribution in [0.2, 0.25) is 0 Å². The minimum absolute atomic E-state index is 0.0409. The Kier molecular flexibility index (Phi) is 4.85. The van der Waals surface area contributed by atoms with Crippen molar-refractivity contribution in [2.45, 2.75) is 0 Å². The van der Waals surface area contributed by atoms with E-state index in [2.05, 4.69) is 0 Å². The van der Waals surface area contributed by atoms with Gasteiger partial charge >= 0.3 is 5.97 Å². The Morgan fingerprint density at radius 3 is 2.11 bits per heavy atom. The molecular weight excluding hydrogens is 232 g/mol. The lowest BCUT2D eigenvalue weighted by Gasteiger charge is -2.20. The highest BCUT2D eigenvalue weighted by Crippen LogP contribution is 2.11. The summed E-state index contributed by atoms with van der Waals surface area (Å²) in [6.45, 7) is 1.29. The number of benzene rings is 1. The molecule has 1 N–H and O–H groups in total. The quantitative estimate of drug-likeness (QED) is 0.847. The van der Waals surface area contributed by atoms with Gasteiger partial charge in [0.15, 0.2) is 0 Å². The second-order valence-electron chi connectivity index (χ2n) is 4.38. The molecule has 0 aliphatic heterocycles. The Labute approximate surface area is 107 Å². The van der Waals surface area contributed by atoms with Gasteiger partial charge in [-0.3, -0.25) is 4.79 Å². The van der Waals surface area contributed by atoms with Crippen molar-refractivity contribution in [3.05, 3.63) is 35.4 Å². The fourth-order valence-electron chi connectivity index (χ4n) is 1.51. The Morgan fingerprint density at radius 2 is 1.61 bits per heavy atom. The van der Waals surface area contributed by atoms with Crippen LogP contribution in [-0.4, -0.2) is 61.0 Å². The maximum atomic E-state index is 12.1. The number of rotatable bonds is 5. The molecule has 1 amide bonds. The van der Waals surface area contributed by atoms with E-state index in [4.69, 9.17) is 5.11 Å². The number of carbonyl (C=O) groups is 2. The number of carboxylic acids is 1. The van der Waals surface area contributed by atoms with Crippen LogP contribution in [0.15, 0.2) is 24.3 Å². The molecule has 1 rings (SSSR count). The largest absolute Gasteiger partial charge is 0.478 e. The molecule has 1 aromatic rings. The number of nitrogens with zero attached hydrogens (tertiary/aromatic N) is 2. The predicted molar refractivity (Wildman–Crippen MR) is 68.9 cm³/mol. The van der Waals surface area contributed by atoms with E-state index < -0.39 is 5.97 Å². The number of hydrogen-bond donors (Lipinski definition) is 1. The first-order chi connectivity index (χ1) is 8.43. The molecule has 0 saturated heterocycles. The summed E-state index contributed by atoms with van der Waals surface area (Å²) in [6, 6.07) is 6.26. The average molecular weight is 250 g/mol. The number of likely N-dealkylation sites (N-methyl/N-ethyl adjacent to an activating group) is 2. The molecule has 0 bridgehead atoms. The third-order valence-corrected chi connectivity index (χ3v) is 2.62. The van der Waals surface area contributed by atoms with Gasteiger partial charge in [-0.2, -0.15) is 0 Å². The minimum atomic E-state index is -1.08. The molecule has 18 heavy (non-hydrogen) atoms. The summed E-state index contributed by atoms with van der Waals surface area (Å²) < 4.78 is 0. The molecule has 0 aliphatic carbocycles. The van der Waals surface area contributed by atoms with Gasteiger partial charge in [0.25, 0.3) is 5.91 Å². The number of carbonyl (C=O) groups excluding carboxylic acids is 1. The van der Waals surface area contributed by atoms with E-state index in [1.54, 1.807) is 19.2 Å². The summed E-state index contributed by atoms with van der Waals surface area (Å²) >= 11 is 0. The van der Waals surface area contributed by atoms with Gasteiger partial charge in [-0.05, 0) is 26.2 Å². The van der Waals surface area contributed by atoms with Crippen LogP contribution in [0.1, 0.15) is 20.7 Å². The molecule has 0 atom stereocenters. The molecule has 0 saturated carbocycles. The van der Waals surface area contributed by atoms with Gasteiger partial charge in [-0.25, -0.2) is 4.79 Å². The zero-order valence-electron chi connectivity index (χ0n) is 10.9. The molecule has 0 aromatic heterocycles. The Morgan fingerprint density at radius 1 is 1.06 bits per heavy atom. The minimum Gasteiger partial charge on any atom is -0.478 e. The lowest BCUT2D eigenvalue weighted by Crippen LogP contribution is -2.34. The predicted octanol–water partition coefficient (Wildman–Crippen LogP) is 1.02. The Balaban J connectivity index is 2.86. The summed E-state index contributed by atoms with van der Waals surface area (Å²) in [5, 5.41) is 9.04. The van der Waals surface area contributed by atoms with E-state index in [1.165, 1.54) is 17.0 Å². The van der Waals surface area contributed by atoms with Crippen LogP contribution in [-0.2, 0) is 0 Å². The normalized spacial score (nSPS) is 10.4. The summed E-state index contributed by atoms with van der Waals surface area (Å²) in [4.78, 5) is 26.7. The zero-order chi connectivity index (χ0) is 13.7. The van der Waals surface area contributed by atoms with E-state index in [9.17, 15) is 9.59 Å². The highest BCUT2D eigenvalue weighted by atomic mass is 16.4. The van der Waals surface area contributed by atoms with E-state index >= 15 is 0 Å². The molecule has 5 nitrogen and oxygen atoms in total. The van der Waals surface area contributed by atoms with Crippen molar-refractivity contribution >= 4 is 11.9 Å². The molecule has 0 unspecified atom stereocenters. The fraction of sp³-hybridized carbons (Fsp3) is 0.385. The monoisotopic (exact) mass is 250 g/mol. The van der Waals surface area contributed by atoms with Crippen LogP contribution in [0.25, 0.3) is 0 Å². The first-order valence-electron chi connectivity index (χ1n) is 5.66. The van der Waals surface area contributed by atoms with Crippen LogP contribution in [0.5, 0.6) is 0 Å². The molecular formula is C13H18N2O3. The van der Waals surface area contributed by atoms with Gasteiger partial charge in [0.1, 0.15) is 0 Å². The smallest absolute Gasteiger partial charge is 0.336 e. The maximum absolute atomic E-state index is 12.1. The van der Waals surface area contributed by atoms with Crippen molar-refractivity contribution in [1.29, 1.82) is 0 Å². The SMILES string of the molecule is CN(C)CCN(C)C(=O)c1ccccc1C(=O)O. The van der Waals surface area contributed by atoms with Crippen molar-refractivity contribution in [3.8, 4) is 0 Å². The maximum Gasteiger partial charge on any atom is 0.336 e. The Bertz CT molecular complexity index is 444. The molecule has 0 spiro atoms. The van der Waals surface area contributed by atoms with Crippen molar-refractivity contribution in [3.63, 3.8) is 0 Å². The van der Waals surface area contributed by atoms with Crippen LogP contribution in [0.4, 0.5) is 0 Å². The number of carboxylic acid groups (broad SMARTS) is 1. The lowest BCUT2D eigenvalue weighted by atomic mass is 10.1. The first kappa shape index (κ1) is 14.2. The average Bonchev–Trinajstić information content (AvgIpc) is 2.34. The summed E-state index contributed by atoms with van der Waals surface area (Å²) in [6.07, 6.45) is 0. The van der Waals surface area contributed by atoms with Crippen LogP contribution in [0.3, 0.4) is 0 Å². The van der Waals surface area contributed by atoms with Gasteiger partial charge in [0.05, 0.1) is 11.1 Å². The third-order valence-electron chi connectivity index (χ3n) is 2.62. The van der Waals surface area contributed by atoms with E-state index in [-0.39, 0.29) is 17.0 Å². The van der Waals surface area contributed by atoms with Gasteiger partial charge in [0.2, 0.25) is 0 Å². The molecule has 0 heterocycles. The van der Waals surface area contributed by atoms with E-state index in [1.807, 2.05) is 19.0 Å². The van der Waals surface area contributed by atoms with Crippen molar-refractivity contribution in [1.82, 2.24) is 9.80 Å². The number of amides is 1. The zero-order valence-corrected chi connectivity index (χ0v) is 10.9. The molecule has 0 aliphatic rings. The summed E-state index contributed by atoms with van der Waals surface area (Å²) in [5.41, 5.74) is 0.269. The first-order valence-corrected chi connectivity index (χ1v) is 5.66.